The van der Waals surface area contributed by atoms with Gasteiger partial charge in [-0.25, -0.2) is 0 Å². The van der Waals surface area contributed by atoms with Crippen LogP contribution >= 0.6 is 0 Å². The quantitative estimate of drug-likeness (QED) is 0.570. The molecule has 7 atom stereocenters. The summed E-state index contributed by atoms with van der Waals surface area (Å²) in [5, 5.41) is 0. The van der Waals surface area contributed by atoms with Crippen LogP contribution in [0.15, 0.2) is 0 Å². The second-order valence-electron chi connectivity index (χ2n) is 10.3. The first-order chi connectivity index (χ1) is 10.9. The molecular formula is C22H36O. The highest BCUT2D eigenvalue weighted by atomic mass is 16.1. The van der Waals surface area contributed by atoms with E-state index in [1.165, 1.54) is 70.5 Å². The maximum Gasteiger partial charge on any atom is 0.120 e. The third-order valence-electron chi connectivity index (χ3n) is 9.92. The van der Waals surface area contributed by atoms with Crippen LogP contribution in [0.3, 0.4) is 0 Å². The fraction of sp³-hybridized carbons (Fsp3) is 0.955. The van der Waals surface area contributed by atoms with E-state index in [2.05, 4.69) is 20.8 Å². The molecule has 0 N–H and O–H groups in total. The Labute approximate surface area is 143 Å². The second-order valence-corrected chi connectivity index (χ2v) is 10.3. The van der Waals surface area contributed by atoms with Crippen molar-refractivity contribution in [3.05, 3.63) is 0 Å². The van der Waals surface area contributed by atoms with Gasteiger partial charge in [0.1, 0.15) is 6.29 Å². The minimum absolute atomic E-state index is 0.473. The van der Waals surface area contributed by atoms with Crippen molar-refractivity contribution in [1.82, 2.24) is 0 Å². The second kappa shape index (κ2) is 5.33. The van der Waals surface area contributed by atoms with Crippen LogP contribution in [0.5, 0.6) is 0 Å². The molecule has 0 heterocycles. The van der Waals surface area contributed by atoms with Gasteiger partial charge in [0.05, 0.1) is 0 Å². The van der Waals surface area contributed by atoms with E-state index in [1.54, 1.807) is 0 Å². The lowest BCUT2D eigenvalue weighted by molar-refractivity contribution is -0.152. The van der Waals surface area contributed by atoms with E-state index in [4.69, 9.17) is 0 Å². The van der Waals surface area contributed by atoms with Crippen molar-refractivity contribution in [3.63, 3.8) is 0 Å². The smallest absolute Gasteiger partial charge is 0.120 e. The van der Waals surface area contributed by atoms with E-state index in [0.29, 0.717) is 22.2 Å². The Morgan fingerprint density at radius 3 is 2.43 bits per heavy atom. The summed E-state index contributed by atoms with van der Waals surface area (Å²) in [5.74, 6) is 3.52. The molecule has 0 aromatic rings. The van der Waals surface area contributed by atoms with Crippen LogP contribution < -0.4 is 0 Å². The van der Waals surface area contributed by atoms with E-state index in [-0.39, 0.29) is 0 Å². The average molecular weight is 317 g/mol. The summed E-state index contributed by atoms with van der Waals surface area (Å²) in [4.78, 5) is 11.1. The van der Waals surface area contributed by atoms with Gasteiger partial charge in [-0.3, -0.25) is 0 Å². The largest absolute Gasteiger partial charge is 0.303 e. The molecule has 4 aliphatic rings. The van der Waals surface area contributed by atoms with Crippen LogP contribution in [-0.2, 0) is 4.79 Å². The molecule has 6 unspecified atom stereocenters. The predicted molar refractivity (Wildman–Crippen MR) is 95.1 cm³/mol. The number of hydrogen-bond donors (Lipinski definition) is 0. The first-order valence-corrected chi connectivity index (χ1v) is 10.4. The standard InChI is InChI=1S/C22H36O/c1-20-11-4-5-12-22(20,3)19-9-14-21(2)16(10-15-23)6-7-18(21)17(19)8-13-20/h15-19H,4-14H2,1-3H3/t16-,17?,18?,19?,20?,21?,22?/m1/s1. The molecule has 0 aromatic carbocycles. The third-order valence-corrected chi connectivity index (χ3v) is 9.92. The fourth-order valence-corrected chi connectivity index (χ4v) is 8.22. The van der Waals surface area contributed by atoms with Crippen molar-refractivity contribution in [3.8, 4) is 0 Å². The molecule has 0 saturated heterocycles. The fourth-order valence-electron chi connectivity index (χ4n) is 8.22. The highest BCUT2D eigenvalue weighted by Gasteiger charge is 2.62. The summed E-state index contributed by atoms with van der Waals surface area (Å²) in [6.07, 6.45) is 16.4. The van der Waals surface area contributed by atoms with Crippen LogP contribution in [0, 0.1) is 39.9 Å². The number of rotatable bonds is 2. The van der Waals surface area contributed by atoms with Crippen molar-refractivity contribution in [2.24, 2.45) is 39.9 Å². The maximum atomic E-state index is 11.1. The maximum absolute atomic E-state index is 11.1. The molecule has 23 heavy (non-hydrogen) atoms. The van der Waals surface area contributed by atoms with Crippen molar-refractivity contribution >= 4 is 6.29 Å². The lowest BCUT2D eigenvalue weighted by atomic mass is 9.40. The zero-order valence-corrected chi connectivity index (χ0v) is 15.6. The topological polar surface area (TPSA) is 17.1 Å². The Hall–Kier alpha value is -0.330. The number of aldehydes is 1. The van der Waals surface area contributed by atoms with E-state index in [9.17, 15) is 4.79 Å². The Bertz CT molecular complexity index is 484. The molecule has 4 aliphatic carbocycles. The summed E-state index contributed by atoms with van der Waals surface area (Å²) in [5.41, 5.74) is 1.68. The SMILES string of the molecule is CC12CCC3C(CCC4(C)CCCCC34C)C1CC[C@@H]2CC=O. The van der Waals surface area contributed by atoms with Crippen LogP contribution in [0.1, 0.15) is 91.4 Å². The monoisotopic (exact) mass is 316 g/mol. The summed E-state index contributed by atoms with van der Waals surface area (Å²) < 4.78 is 0. The van der Waals surface area contributed by atoms with Gasteiger partial charge in [0, 0.05) is 6.42 Å². The van der Waals surface area contributed by atoms with Gasteiger partial charge in [-0.2, -0.15) is 0 Å². The summed E-state index contributed by atoms with van der Waals surface area (Å²) in [7, 11) is 0. The number of carbonyl (C=O) groups is 1. The Balaban J connectivity index is 1.64. The zero-order valence-electron chi connectivity index (χ0n) is 15.6. The van der Waals surface area contributed by atoms with E-state index in [1.807, 2.05) is 0 Å². The van der Waals surface area contributed by atoms with Crippen LogP contribution in [0.25, 0.3) is 0 Å². The lowest BCUT2D eigenvalue weighted by Gasteiger charge is -2.64. The number of fused-ring (bicyclic) bond motifs is 5. The van der Waals surface area contributed by atoms with Gasteiger partial charge in [0.15, 0.2) is 0 Å². The molecule has 4 fully saturated rings. The van der Waals surface area contributed by atoms with E-state index in [0.717, 1.165) is 24.2 Å². The van der Waals surface area contributed by atoms with Gasteiger partial charge >= 0.3 is 0 Å². The molecule has 4 saturated carbocycles. The Kier molecular flexibility index (Phi) is 3.75. The molecule has 130 valence electrons. The van der Waals surface area contributed by atoms with Gasteiger partial charge in [-0.15, -0.1) is 0 Å². The molecule has 4 rings (SSSR count). The van der Waals surface area contributed by atoms with Crippen LogP contribution in [-0.4, -0.2) is 6.29 Å². The first kappa shape index (κ1) is 16.2. The summed E-state index contributed by atoms with van der Waals surface area (Å²) in [6, 6.07) is 0. The minimum atomic E-state index is 0.473. The average Bonchev–Trinajstić information content (AvgIpc) is 2.85. The minimum Gasteiger partial charge on any atom is -0.303 e. The summed E-state index contributed by atoms with van der Waals surface area (Å²) >= 11 is 0. The van der Waals surface area contributed by atoms with E-state index >= 15 is 0 Å². The molecule has 0 aliphatic heterocycles. The third kappa shape index (κ3) is 2.07. The van der Waals surface area contributed by atoms with Gasteiger partial charge in [0.2, 0.25) is 0 Å². The molecule has 0 radical (unpaired) electrons. The molecule has 0 aromatic heterocycles. The molecule has 0 amide bonds. The highest BCUT2D eigenvalue weighted by Crippen LogP contribution is 2.70. The van der Waals surface area contributed by atoms with Crippen molar-refractivity contribution in [2.75, 3.05) is 0 Å². The van der Waals surface area contributed by atoms with Gasteiger partial charge in [0.25, 0.3) is 0 Å². The lowest BCUT2D eigenvalue weighted by Crippen LogP contribution is -2.56. The zero-order chi connectivity index (χ0) is 16.3. The van der Waals surface area contributed by atoms with Gasteiger partial charge < -0.3 is 4.79 Å². The molecule has 1 nitrogen and oxygen atoms in total. The molecule has 0 spiro atoms. The Morgan fingerprint density at radius 2 is 1.65 bits per heavy atom. The molecule has 0 bridgehead atoms. The van der Waals surface area contributed by atoms with Crippen molar-refractivity contribution in [1.29, 1.82) is 0 Å². The van der Waals surface area contributed by atoms with Crippen LogP contribution in [0.4, 0.5) is 0 Å². The summed E-state index contributed by atoms with van der Waals surface area (Å²) in [6.45, 7) is 7.84. The first-order valence-electron chi connectivity index (χ1n) is 10.4. The van der Waals surface area contributed by atoms with Gasteiger partial charge in [-0.1, -0.05) is 33.6 Å². The molecular weight excluding hydrogens is 280 g/mol. The molecule has 1 heteroatoms. The van der Waals surface area contributed by atoms with Crippen LogP contribution in [0.2, 0.25) is 0 Å². The van der Waals surface area contributed by atoms with Gasteiger partial charge in [-0.05, 0) is 91.3 Å². The number of carbonyl (C=O) groups excluding carboxylic acids is 1. The van der Waals surface area contributed by atoms with E-state index < -0.39 is 0 Å². The Morgan fingerprint density at radius 1 is 0.870 bits per heavy atom. The van der Waals surface area contributed by atoms with Crippen molar-refractivity contribution in [2.45, 2.75) is 91.4 Å². The number of hydrogen-bond acceptors (Lipinski definition) is 1. The predicted octanol–water partition coefficient (Wildman–Crippen LogP) is 6.01. The highest BCUT2D eigenvalue weighted by molar-refractivity contribution is 5.50. The van der Waals surface area contributed by atoms with Crippen molar-refractivity contribution < 1.29 is 4.79 Å². The normalized spacial score (nSPS) is 55.6.